The van der Waals surface area contributed by atoms with E-state index in [9.17, 15) is 0 Å². The van der Waals surface area contributed by atoms with Crippen molar-refractivity contribution < 1.29 is 4.74 Å². The zero-order valence-electron chi connectivity index (χ0n) is 10.1. The quantitative estimate of drug-likeness (QED) is 0.866. The summed E-state index contributed by atoms with van der Waals surface area (Å²) >= 11 is 0. The first-order valence-corrected chi connectivity index (χ1v) is 6.16. The van der Waals surface area contributed by atoms with Crippen molar-refractivity contribution in [1.29, 1.82) is 0 Å². The number of benzene rings is 2. The van der Waals surface area contributed by atoms with Gasteiger partial charge in [-0.3, -0.25) is 0 Å². The second-order valence-electron chi connectivity index (χ2n) is 4.63. The van der Waals surface area contributed by atoms with Gasteiger partial charge in [-0.05, 0) is 29.9 Å². The predicted molar refractivity (Wildman–Crippen MR) is 70.4 cm³/mol. The van der Waals surface area contributed by atoms with Gasteiger partial charge in [0.1, 0.15) is 5.75 Å². The lowest BCUT2D eigenvalue weighted by atomic mass is 10.0. The van der Waals surface area contributed by atoms with E-state index in [4.69, 9.17) is 4.74 Å². The molecule has 2 aromatic rings. The van der Waals surface area contributed by atoms with E-state index in [2.05, 4.69) is 41.7 Å². The topological polar surface area (TPSA) is 21.3 Å². The van der Waals surface area contributed by atoms with Gasteiger partial charge in [0.15, 0.2) is 0 Å². The normalized spacial score (nSPS) is 15.1. The summed E-state index contributed by atoms with van der Waals surface area (Å²) in [6, 6.07) is 13.4. The Bertz CT molecular complexity index is 531. The van der Waals surface area contributed by atoms with E-state index in [0.29, 0.717) is 0 Å². The van der Waals surface area contributed by atoms with Crippen LogP contribution in [0.1, 0.15) is 18.4 Å². The second-order valence-corrected chi connectivity index (χ2v) is 4.63. The SMILES string of the molecule is COc1ccc(CNC2CC2)c2ccccc12. The standard InChI is InChI=1S/C15H17NO/c1-17-15-9-6-11(10-16-12-7-8-12)13-4-2-3-5-14(13)15/h2-6,9,12,16H,7-8,10H2,1H3. The van der Waals surface area contributed by atoms with Crippen molar-refractivity contribution in [1.82, 2.24) is 5.32 Å². The molecule has 1 N–H and O–H groups in total. The van der Waals surface area contributed by atoms with Crippen LogP contribution in [0.25, 0.3) is 10.8 Å². The van der Waals surface area contributed by atoms with Crippen molar-refractivity contribution in [2.45, 2.75) is 25.4 Å². The van der Waals surface area contributed by atoms with Gasteiger partial charge in [-0.1, -0.05) is 30.3 Å². The molecule has 88 valence electrons. The average molecular weight is 227 g/mol. The van der Waals surface area contributed by atoms with Gasteiger partial charge in [-0.2, -0.15) is 0 Å². The minimum atomic E-state index is 0.746. The summed E-state index contributed by atoms with van der Waals surface area (Å²) in [5.74, 6) is 0.954. The number of hydrogen-bond donors (Lipinski definition) is 1. The number of hydrogen-bond acceptors (Lipinski definition) is 2. The van der Waals surface area contributed by atoms with E-state index in [1.165, 1.54) is 29.2 Å². The number of methoxy groups -OCH3 is 1. The molecule has 1 aliphatic carbocycles. The molecule has 0 radical (unpaired) electrons. The van der Waals surface area contributed by atoms with E-state index in [1.807, 2.05) is 0 Å². The third-order valence-electron chi connectivity index (χ3n) is 3.35. The highest BCUT2D eigenvalue weighted by Crippen LogP contribution is 2.29. The molecule has 2 aromatic carbocycles. The fourth-order valence-electron chi connectivity index (χ4n) is 2.21. The van der Waals surface area contributed by atoms with Crippen molar-refractivity contribution in [3.8, 4) is 5.75 Å². The molecule has 0 aromatic heterocycles. The van der Waals surface area contributed by atoms with E-state index in [0.717, 1.165) is 18.3 Å². The van der Waals surface area contributed by atoms with E-state index >= 15 is 0 Å². The van der Waals surface area contributed by atoms with Crippen LogP contribution in [0.3, 0.4) is 0 Å². The Hall–Kier alpha value is -1.54. The molecule has 0 unspecified atom stereocenters. The number of nitrogens with one attached hydrogen (secondary N) is 1. The lowest BCUT2D eigenvalue weighted by Crippen LogP contribution is -2.15. The highest BCUT2D eigenvalue weighted by Gasteiger charge is 2.20. The summed E-state index contributed by atoms with van der Waals surface area (Å²) in [4.78, 5) is 0. The maximum atomic E-state index is 5.40. The summed E-state index contributed by atoms with van der Waals surface area (Å²) in [5, 5.41) is 6.05. The van der Waals surface area contributed by atoms with Crippen molar-refractivity contribution in [2.75, 3.05) is 7.11 Å². The third kappa shape index (κ3) is 2.13. The molecule has 3 rings (SSSR count). The Morgan fingerprint density at radius 3 is 2.59 bits per heavy atom. The van der Waals surface area contributed by atoms with Crippen molar-refractivity contribution in [2.24, 2.45) is 0 Å². The summed E-state index contributed by atoms with van der Waals surface area (Å²) in [6.45, 7) is 0.954. The Morgan fingerprint density at radius 2 is 1.88 bits per heavy atom. The van der Waals surface area contributed by atoms with Crippen molar-refractivity contribution >= 4 is 10.8 Å². The minimum absolute atomic E-state index is 0.746. The molecule has 1 fully saturated rings. The molecule has 0 aliphatic heterocycles. The first-order chi connectivity index (χ1) is 8.38. The molecule has 2 heteroatoms. The zero-order valence-corrected chi connectivity index (χ0v) is 10.1. The van der Waals surface area contributed by atoms with Crippen molar-refractivity contribution in [3.63, 3.8) is 0 Å². The maximum absolute atomic E-state index is 5.40. The first kappa shape index (κ1) is 10.6. The highest BCUT2D eigenvalue weighted by molar-refractivity contribution is 5.91. The zero-order chi connectivity index (χ0) is 11.7. The van der Waals surface area contributed by atoms with Gasteiger partial charge in [-0.25, -0.2) is 0 Å². The van der Waals surface area contributed by atoms with Gasteiger partial charge < -0.3 is 10.1 Å². The molecule has 17 heavy (non-hydrogen) atoms. The average Bonchev–Trinajstić information content (AvgIpc) is 3.20. The summed E-state index contributed by atoms with van der Waals surface area (Å²) < 4.78 is 5.40. The number of rotatable bonds is 4. The maximum Gasteiger partial charge on any atom is 0.126 e. The van der Waals surface area contributed by atoms with Crippen LogP contribution in [0.4, 0.5) is 0 Å². The van der Waals surface area contributed by atoms with Crippen LogP contribution in [0.2, 0.25) is 0 Å². The molecule has 0 spiro atoms. The minimum Gasteiger partial charge on any atom is -0.496 e. The summed E-state index contributed by atoms with van der Waals surface area (Å²) in [6.07, 6.45) is 2.65. The van der Waals surface area contributed by atoms with Crippen LogP contribution in [-0.4, -0.2) is 13.2 Å². The number of ether oxygens (including phenoxy) is 1. The van der Waals surface area contributed by atoms with Gasteiger partial charge in [0.05, 0.1) is 7.11 Å². The highest BCUT2D eigenvalue weighted by atomic mass is 16.5. The molecular weight excluding hydrogens is 210 g/mol. The summed E-state index contributed by atoms with van der Waals surface area (Å²) in [5.41, 5.74) is 1.35. The second kappa shape index (κ2) is 4.38. The van der Waals surface area contributed by atoms with E-state index < -0.39 is 0 Å². The smallest absolute Gasteiger partial charge is 0.126 e. The van der Waals surface area contributed by atoms with Crippen LogP contribution in [0.15, 0.2) is 36.4 Å². The molecule has 0 amide bonds. The number of fused-ring (bicyclic) bond motifs is 1. The van der Waals surface area contributed by atoms with Crippen LogP contribution in [0, 0.1) is 0 Å². The molecule has 1 saturated carbocycles. The molecule has 2 nitrogen and oxygen atoms in total. The first-order valence-electron chi connectivity index (χ1n) is 6.16. The molecule has 0 atom stereocenters. The lowest BCUT2D eigenvalue weighted by Gasteiger charge is -2.10. The van der Waals surface area contributed by atoms with Crippen LogP contribution < -0.4 is 10.1 Å². The third-order valence-corrected chi connectivity index (χ3v) is 3.35. The fourth-order valence-corrected chi connectivity index (χ4v) is 2.21. The Labute approximate surface area is 102 Å². The lowest BCUT2D eigenvalue weighted by molar-refractivity contribution is 0.419. The van der Waals surface area contributed by atoms with Gasteiger partial charge in [0.25, 0.3) is 0 Å². The van der Waals surface area contributed by atoms with Crippen LogP contribution in [-0.2, 0) is 6.54 Å². The molecular formula is C15H17NO. The molecule has 0 heterocycles. The Balaban J connectivity index is 1.99. The largest absolute Gasteiger partial charge is 0.496 e. The van der Waals surface area contributed by atoms with E-state index in [1.54, 1.807) is 7.11 Å². The monoisotopic (exact) mass is 227 g/mol. The van der Waals surface area contributed by atoms with Gasteiger partial charge in [-0.15, -0.1) is 0 Å². The van der Waals surface area contributed by atoms with Gasteiger partial charge in [0, 0.05) is 18.0 Å². The van der Waals surface area contributed by atoms with E-state index in [-0.39, 0.29) is 0 Å². The van der Waals surface area contributed by atoms with Gasteiger partial charge in [0.2, 0.25) is 0 Å². The Morgan fingerprint density at radius 1 is 1.12 bits per heavy atom. The summed E-state index contributed by atoms with van der Waals surface area (Å²) in [7, 11) is 1.73. The van der Waals surface area contributed by atoms with Crippen LogP contribution >= 0.6 is 0 Å². The van der Waals surface area contributed by atoms with Crippen LogP contribution in [0.5, 0.6) is 5.75 Å². The molecule has 0 bridgehead atoms. The Kier molecular flexibility index (Phi) is 2.73. The predicted octanol–water partition coefficient (Wildman–Crippen LogP) is 3.10. The molecule has 1 aliphatic rings. The fraction of sp³-hybridized carbons (Fsp3) is 0.333. The van der Waals surface area contributed by atoms with Gasteiger partial charge >= 0.3 is 0 Å². The molecule has 0 saturated heterocycles. The van der Waals surface area contributed by atoms with Crippen molar-refractivity contribution in [3.05, 3.63) is 42.0 Å².